The lowest BCUT2D eigenvalue weighted by Gasteiger charge is -2.04. The number of methoxy groups -OCH3 is 1. The lowest BCUT2D eigenvalue weighted by molar-refractivity contribution is 0.234. The summed E-state index contributed by atoms with van der Waals surface area (Å²) in [4.78, 5) is 0. The summed E-state index contributed by atoms with van der Waals surface area (Å²) >= 11 is 0. The SMILES string of the molecule is COCC=Cc1ccccc1C#C[Si](C)(C)C. The van der Waals surface area contributed by atoms with Gasteiger partial charge in [0.1, 0.15) is 8.07 Å². The van der Waals surface area contributed by atoms with Crippen LogP contribution in [0.25, 0.3) is 6.08 Å². The van der Waals surface area contributed by atoms with Crippen LogP contribution < -0.4 is 0 Å². The topological polar surface area (TPSA) is 9.23 Å². The maximum absolute atomic E-state index is 5.00. The molecular weight excluding hydrogens is 224 g/mol. The van der Waals surface area contributed by atoms with E-state index in [1.807, 2.05) is 18.2 Å². The number of rotatable bonds is 3. The molecule has 0 saturated heterocycles. The van der Waals surface area contributed by atoms with Crippen molar-refractivity contribution < 1.29 is 4.74 Å². The number of benzene rings is 1. The van der Waals surface area contributed by atoms with Crippen LogP contribution in [0.15, 0.2) is 30.3 Å². The van der Waals surface area contributed by atoms with Crippen molar-refractivity contribution in [3.8, 4) is 11.5 Å². The molecule has 0 atom stereocenters. The average molecular weight is 244 g/mol. The second-order valence-electron chi connectivity index (χ2n) is 4.94. The first kappa shape index (κ1) is 13.8. The highest BCUT2D eigenvalue weighted by molar-refractivity contribution is 6.83. The minimum absolute atomic E-state index is 0.635. The van der Waals surface area contributed by atoms with E-state index in [2.05, 4.69) is 49.3 Å². The molecule has 0 spiro atoms. The Morgan fingerprint density at radius 3 is 2.59 bits per heavy atom. The van der Waals surface area contributed by atoms with Crippen LogP contribution in [-0.2, 0) is 4.74 Å². The molecule has 2 heteroatoms. The van der Waals surface area contributed by atoms with E-state index in [0.29, 0.717) is 6.61 Å². The van der Waals surface area contributed by atoms with E-state index >= 15 is 0 Å². The molecule has 0 bridgehead atoms. The van der Waals surface area contributed by atoms with E-state index in [-0.39, 0.29) is 0 Å². The molecule has 1 aromatic carbocycles. The normalized spacial score (nSPS) is 11.3. The summed E-state index contributed by atoms with van der Waals surface area (Å²) in [7, 11) is 0.385. The molecule has 0 aliphatic rings. The summed E-state index contributed by atoms with van der Waals surface area (Å²) in [5.41, 5.74) is 5.65. The fourth-order valence-electron chi connectivity index (χ4n) is 1.28. The third kappa shape index (κ3) is 5.53. The van der Waals surface area contributed by atoms with Gasteiger partial charge >= 0.3 is 0 Å². The van der Waals surface area contributed by atoms with E-state index in [0.717, 1.165) is 11.1 Å². The highest BCUT2D eigenvalue weighted by Crippen LogP contribution is 2.10. The van der Waals surface area contributed by atoms with E-state index < -0.39 is 8.07 Å². The first-order chi connectivity index (χ1) is 8.03. The van der Waals surface area contributed by atoms with Crippen LogP contribution in [0.5, 0.6) is 0 Å². The van der Waals surface area contributed by atoms with Crippen molar-refractivity contribution in [3.05, 3.63) is 41.5 Å². The van der Waals surface area contributed by atoms with Gasteiger partial charge in [0, 0.05) is 12.7 Å². The van der Waals surface area contributed by atoms with Gasteiger partial charge in [-0.05, 0) is 11.6 Å². The van der Waals surface area contributed by atoms with Gasteiger partial charge in [0.2, 0.25) is 0 Å². The highest BCUT2D eigenvalue weighted by Gasteiger charge is 2.07. The van der Waals surface area contributed by atoms with Crippen molar-refractivity contribution >= 4 is 14.1 Å². The van der Waals surface area contributed by atoms with Crippen LogP contribution in [-0.4, -0.2) is 21.8 Å². The van der Waals surface area contributed by atoms with E-state index in [9.17, 15) is 0 Å². The Morgan fingerprint density at radius 1 is 1.24 bits per heavy atom. The van der Waals surface area contributed by atoms with Gasteiger partial charge in [-0.15, -0.1) is 5.54 Å². The van der Waals surface area contributed by atoms with Crippen molar-refractivity contribution in [2.24, 2.45) is 0 Å². The lowest BCUT2D eigenvalue weighted by Crippen LogP contribution is -2.16. The molecule has 0 unspecified atom stereocenters. The third-order valence-electron chi connectivity index (χ3n) is 2.09. The summed E-state index contributed by atoms with van der Waals surface area (Å²) in [6.07, 6.45) is 4.08. The van der Waals surface area contributed by atoms with Crippen LogP contribution in [0.2, 0.25) is 19.6 Å². The van der Waals surface area contributed by atoms with Crippen LogP contribution in [0, 0.1) is 11.5 Å². The molecule has 0 fully saturated rings. The van der Waals surface area contributed by atoms with E-state index in [4.69, 9.17) is 4.74 Å². The molecule has 0 N–H and O–H groups in total. The molecule has 0 heterocycles. The summed E-state index contributed by atoms with van der Waals surface area (Å²) < 4.78 is 5.00. The predicted octanol–water partition coefficient (Wildman–Crippen LogP) is 3.58. The van der Waals surface area contributed by atoms with Gasteiger partial charge < -0.3 is 4.74 Å². The molecule has 90 valence electrons. The van der Waals surface area contributed by atoms with Crippen LogP contribution in [0.1, 0.15) is 11.1 Å². The molecular formula is C15H20OSi. The molecule has 1 nitrogen and oxygen atoms in total. The summed E-state index contributed by atoms with van der Waals surface area (Å²) in [5, 5.41) is 0. The summed E-state index contributed by atoms with van der Waals surface area (Å²) in [6.45, 7) is 7.39. The van der Waals surface area contributed by atoms with Gasteiger partial charge in [0.25, 0.3) is 0 Å². The Morgan fingerprint density at radius 2 is 1.94 bits per heavy atom. The van der Waals surface area contributed by atoms with Gasteiger partial charge in [-0.1, -0.05) is 55.9 Å². The first-order valence-electron chi connectivity index (χ1n) is 5.80. The van der Waals surface area contributed by atoms with Gasteiger partial charge in [0.15, 0.2) is 0 Å². The largest absolute Gasteiger partial charge is 0.381 e. The van der Waals surface area contributed by atoms with Crippen LogP contribution in [0.4, 0.5) is 0 Å². The zero-order valence-electron chi connectivity index (χ0n) is 11.1. The summed E-state index contributed by atoms with van der Waals surface area (Å²) in [6, 6.07) is 8.22. The molecule has 0 saturated carbocycles. The maximum Gasteiger partial charge on any atom is 0.129 e. The zero-order valence-corrected chi connectivity index (χ0v) is 12.1. The summed E-state index contributed by atoms with van der Waals surface area (Å²) in [5.74, 6) is 3.30. The van der Waals surface area contributed by atoms with E-state index in [1.54, 1.807) is 7.11 Å². The van der Waals surface area contributed by atoms with Gasteiger partial charge in [0.05, 0.1) is 6.61 Å². The molecule has 0 aliphatic carbocycles. The van der Waals surface area contributed by atoms with Crippen LogP contribution >= 0.6 is 0 Å². The quantitative estimate of drug-likeness (QED) is 0.583. The maximum atomic E-state index is 5.00. The Bertz CT molecular complexity index is 444. The molecule has 1 aromatic rings. The Hall–Kier alpha value is -1.30. The second-order valence-corrected chi connectivity index (χ2v) is 9.69. The van der Waals surface area contributed by atoms with Gasteiger partial charge in [-0.25, -0.2) is 0 Å². The fraction of sp³-hybridized carbons (Fsp3) is 0.333. The minimum Gasteiger partial charge on any atom is -0.381 e. The molecule has 0 aromatic heterocycles. The van der Waals surface area contributed by atoms with Gasteiger partial charge in [-0.2, -0.15) is 0 Å². The van der Waals surface area contributed by atoms with Crippen molar-refractivity contribution in [3.63, 3.8) is 0 Å². The third-order valence-corrected chi connectivity index (χ3v) is 2.97. The van der Waals surface area contributed by atoms with Gasteiger partial charge in [-0.3, -0.25) is 0 Å². The molecule has 17 heavy (non-hydrogen) atoms. The van der Waals surface area contributed by atoms with Crippen molar-refractivity contribution in [2.45, 2.75) is 19.6 Å². The molecule has 0 amide bonds. The number of ether oxygens (including phenoxy) is 1. The Labute approximate surface area is 106 Å². The Balaban J connectivity index is 2.95. The fourth-order valence-corrected chi connectivity index (χ4v) is 1.79. The lowest BCUT2D eigenvalue weighted by atomic mass is 10.1. The standard InChI is InChI=1S/C15H20OSi/c1-16-12-7-10-14-8-5-6-9-15(14)11-13-17(2,3)4/h5-10H,12H2,1-4H3. The van der Waals surface area contributed by atoms with Crippen molar-refractivity contribution in [1.82, 2.24) is 0 Å². The number of hydrogen-bond donors (Lipinski definition) is 0. The van der Waals surface area contributed by atoms with Crippen LogP contribution in [0.3, 0.4) is 0 Å². The second kappa shape index (κ2) is 6.44. The number of hydrogen-bond acceptors (Lipinski definition) is 1. The monoisotopic (exact) mass is 244 g/mol. The van der Waals surface area contributed by atoms with Crippen molar-refractivity contribution in [1.29, 1.82) is 0 Å². The molecule has 0 radical (unpaired) electrons. The first-order valence-corrected chi connectivity index (χ1v) is 9.30. The predicted molar refractivity (Wildman–Crippen MR) is 77.6 cm³/mol. The highest BCUT2D eigenvalue weighted by atomic mass is 28.3. The van der Waals surface area contributed by atoms with Crippen molar-refractivity contribution in [2.75, 3.05) is 13.7 Å². The average Bonchev–Trinajstić information content (AvgIpc) is 2.27. The zero-order chi connectivity index (χ0) is 12.7. The molecule has 1 rings (SSSR count). The smallest absolute Gasteiger partial charge is 0.129 e. The molecule has 0 aliphatic heterocycles. The minimum atomic E-state index is -1.31. The Kier molecular flexibility index (Phi) is 5.21. The van der Waals surface area contributed by atoms with E-state index in [1.165, 1.54) is 0 Å².